The summed E-state index contributed by atoms with van der Waals surface area (Å²) in [5, 5.41) is 16.4. The predicted octanol–water partition coefficient (Wildman–Crippen LogP) is 4.03. The third-order valence-electron chi connectivity index (χ3n) is 5.79. The van der Waals surface area contributed by atoms with E-state index < -0.39 is 21.1 Å². The highest BCUT2D eigenvalue weighted by Gasteiger charge is 2.25. The number of nitrogens with zero attached hydrogens (tertiary/aromatic N) is 4. The van der Waals surface area contributed by atoms with Crippen LogP contribution in [0.15, 0.2) is 67.9 Å². The molecule has 0 unspecified atom stereocenters. The molecule has 4 heterocycles. The molecule has 5 aromatic rings. The highest BCUT2D eigenvalue weighted by Crippen LogP contribution is 2.36. The number of rotatable bonds is 6. The molecule has 0 saturated carbocycles. The van der Waals surface area contributed by atoms with Crippen LogP contribution < -0.4 is 15.9 Å². The second-order valence-electron chi connectivity index (χ2n) is 8.58. The molecule has 5 rings (SSSR count). The summed E-state index contributed by atoms with van der Waals surface area (Å²) in [6, 6.07) is 5.99. The van der Waals surface area contributed by atoms with Gasteiger partial charge in [-0.25, -0.2) is 18.5 Å². The lowest BCUT2D eigenvalue weighted by atomic mass is 9.97. The SMILES string of the molecule is Cc1cc([C@@H](C)Nc2ccc(Cl)nc2S(N)(=O)=O)c2oc(-c3cnn(C)c3)c(-c3cnoc3)c(=O)c2c1. The van der Waals surface area contributed by atoms with E-state index in [0.29, 0.717) is 33.4 Å². The monoisotopic (exact) mass is 540 g/mol. The summed E-state index contributed by atoms with van der Waals surface area (Å²) < 4.78 is 37.3. The molecule has 11 nitrogen and oxygen atoms in total. The Labute approximate surface area is 215 Å². The average molecular weight is 541 g/mol. The molecule has 0 aliphatic heterocycles. The summed E-state index contributed by atoms with van der Waals surface area (Å²) in [5.41, 5.74) is 2.96. The number of pyridine rings is 1. The number of halogens is 1. The Balaban J connectivity index is 1.73. The van der Waals surface area contributed by atoms with Crippen LogP contribution in [-0.2, 0) is 17.1 Å². The number of nitrogens with two attached hydrogens (primary N) is 1. The van der Waals surface area contributed by atoms with Crippen molar-refractivity contribution in [1.29, 1.82) is 0 Å². The highest BCUT2D eigenvalue weighted by molar-refractivity contribution is 7.89. The second kappa shape index (κ2) is 9.14. The van der Waals surface area contributed by atoms with Crippen molar-refractivity contribution in [3.05, 3.63) is 75.6 Å². The molecular weight excluding hydrogens is 520 g/mol. The summed E-state index contributed by atoms with van der Waals surface area (Å²) in [6.45, 7) is 3.65. The molecule has 13 heteroatoms. The number of hydrogen-bond acceptors (Lipinski definition) is 9. The van der Waals surface area contributed by atoms with E-state index in [4.69, 9.17) is 25.7 Å². The fraction of sp³-hybridized carbons (Fsp3) is 0.167. The molecule has 0 radical (unpaired) electrons. The molecule has 4 aromatic heterocycles. The molecule has 0 aliphatic rings. The minimum absolute atomic E-state index is 0.0170. The number of primary sulfonamides is 1. The average Bonchev–Trinajstić information content (AvgIpc) is 3.51. The highest BCUT2D eigenvalue weighted by atomic mass is 35.5. The summed E-state index contributed by atoms with van der Waals surface area (Å²) in [6.07, 6.45) is 6.14. The molecule has 0 bridgehead atoms. The van der Waals surface area contributed by atoms with E-state index in [1.54, 1.807) is 37.1 Å². The number of aryl methyl sites for hydroxylation is 2. The summed E-state index contributed by atoms with van der Waals surface area (Å²) in [4.78, 5) is 17.7. The lowest BCUT2D eigenvalue weighted by Crippen LogP contribution is -2.18. The van der Waals surface area contributed by atoms with Crippen molar-refractivity contribution in [2.45, 2.75) is 24.9 Å². The summed E-state index contributed by atoms with van der Waals surface area (Å²) >= 11 is 5.90. The number of nitrogens with one attached hydrogen (secondary N) is 1. The summed E-state index contributed by atoms with van der Waals surface area (Å²) in [7, 11) is -2.41. The first kappa shape index (κ1) is 24.7. The fourth-order valence-corrected chi connectivity index (χ4v) is 5.04. The van der Waals surface area contributed by atoms with E-state index in [0.717, 1.165) is 5.56 Å². The van der Waals surface area contributed by atoms with Crippen LogP contribution in [0.2, 0.25) is 5.15 Å². The quantitative estimate of drug-likeness (QED) is 0.303. The third-order valence-corrected chi connectivity index (χ3v) is 6.85. The molecule has 0 aliphatic carbocycles. The summed E-state index contributed by atoms with van der Waals surface area (Å²) in [5.74, 6) is 0.296. The molecule has 0 fully saturated rings. The minimum atomic E-state index is -4.17. The normalized spacial score (nSPS) is 12.7. The maximum Gasteiger partial charge on any atom is 0.257 e. The van der Waals surface area contributed by atoms with Crippen LogP contribution in [0.5, 0.6) is 0 Å². The van der Waals surface area contributed by atoms with Crippen LogP contribution in [0, 0.1) is 6.92 Å². The fourth-order valence-electron chi connectivity index (χ4n) is 4.18. The first-order valence-electron chi connectivity index (χ1n) is 11.0. The number of fused-ring (bicyclic) bond motifs is 1. The third kappa shape index (κ3) is 4.61. The first-order chi connectivity index (χ1) is 17.5. The Morgan fingerprint density at radius 3 is 2.62 bits per heavy atom. The zero-order valence-electron chi connectivity index (χ0n) is 19.9. The van der Waals surface area contributed by atoms with E-state index in [1.165, 1.54) is 24.6 Å². The van der Waals surface area contributed by atoms with Crippen LogP contribution in [-0.4, -0.2) is 28.3 Å². The van der Waals surface area contributed by atoms with Gasteiger partial charge >= 0.3 is 0 Å². The van der Waals surface area contributed by atoms with Gasteiger partial charge in [0.1, 0.15) is 22.8 Å². The Kier molecular flexibility index (Phi) is 6.10. The van der Waals surface area contributed by atoms with Crippen LogP contribution in [0.4, 0.5) is 5.69 Å². The molecular formula is C24H21ClN6O5S. The number of hydrogen-bond donors (Lipinski definition) is 2. The molecule has 0 saturated heterocycles. The smallest absolute Gasteiger partial charge is 0.257 e. The number of aromatic nitrogens is 4. The Hall–Kier alpha value is -4.00. The van der Waals surface area contributed by atoms with Crippen molar-refractivity contribution in [2.24, 2.45) is 12.2 Å². The van der Waals surface area contributed by atoms with E-state index in [1.807, 2.05) is 13.0 Å². The lowest BCUT2D eigenvalue weighted by Gasteiger charge is -2.20. The zero-order valence-corrected chi connectivity index (χ0v) is 21.5. The largest absolute Gasteiger partial charge is 0.455 e. The molecule has 3 N–H and O–H groups in total. The van der Waals surface area contributed by atoms with Gasteiger partial charge in [0.15, 0.2) is 5.03 Å². The number of sulfonamides is 1. The maximum atomic E-state index is 13.8. The molecule has 1 aromatic carbocycles. The van der Waals surface area contributed by atoms with Crippen LogP contribution in [0.25, 0.3) is 33.4 Å². The number of anilines is 1. The second-order valence-corrected chi connectivity index (χ2v) is 10.4. The van der Waals surface area contributed by atoms with E-state index in [-0.39, 0.29) is 21.8 Å². The van der Waals surface area contributed by atoms with Crippen molar-refractivity contribution < 1.29 is 17.4 Å². The molecule has 0 amide bonds. The maximum absolute atomic E-state index is 13.8. The minimum Gasteiger partial charge on any atom is -0.455 e. The van der Waals surface area contributed by atoms with E-state index in [2.05, 4.69) is 20.6 Å². The van der Waals surface area contributed by atoms with Gasteiger partial charge in [0.05, 0.1) is 40.6 Å². The van der Waals surface area contributed by atoms with Crippen molar-refractivity contribution in [3.8, 4) is 22.5 Å². The van der Waals surface area contributed by atoms with Gasteiger partial charge in [-0.3, -0.25) is 9.48 Å². The van der Waals surface area contributed by atoms with Gasteiger partial charge in [-0.15, -0.1) is 0 Å². The Morgan fingerprint density at radius 2 is 1.97 bits per heavy atom. The Morgan fingerprint density at radius 1 is 1.19 bits per heavy atom. The molecule has 37 heavy (non-hydrogen) atoms. The molecule has 190 valence electrons. The first-order valence-corrected chi connectivity index (χ1v) is 12.9. The lowest BCUT2D eigenvalue weighted by molar-refractivity contribution is 0.420. The van der Waals surface area contributed by atoms with Gasteiger partial charge in [-0.1, -0.05) is 22.8 Å². The van der Waals surface area contributed by atoms with Crippen LogP contribution >= 0.6 is 11.6 Å². The van der Waals surface area contributed by atoms with Crippen molar-refractivity contribution in [2.75, 3.05) is 5.32 Å². The van der Waals surface area contributed by atoms with E-state index >= 15 is 0 Å². The number of benzene rings is 1. The zero-order chi connectivity index (χ0) is 26.5. The van der Waals surface area contributed by atoms with E-state index in [9.17, 15) is 13.2 Å². The van der Waals surface area contributed by atoms with Crippen molar-refractivity contribution >= 4 is 38.3 Å². The Bertz CT molecular complexity index is 1810. The van der Waals surface area contributed by atoms with Gasteiger partial charge < -0.3 is 14.3 Å². The van der Waals surface area contributed by atoms with Crippen molar-refractivity contribution in [3.63, 3.8) is 0 Å². The van der Waals surface area contributed by atoms with Crippen molar-refractivity contribution in [1.82, 2.24) is 19.9 Å². The van der Waals surface area contributed by atoms with Crippen LogP contribution in [0.3, 0.4) is 0 Å². The van der Waals surface area contributed by atoms with Crippen LogP contribution in [0.1, 0.15) is 24.1 Å². The molecule has 1 atom stereocenters. The van der Waals surface area contributed by atoms with Gasteiger partial charge in [0.25, 0.3) is 10.0 Å². The van der Waals surface area contributed by atoms with Gasteiger partial charge in [-0.05, 0) is 37.6 Å². The topological polar surface area (TPSA) is 159 Å². The molecule has 0 spiro atoms. The standard InChI is InChI=1S/C24H21ClN6O5S/c1-12-6-16(13(2)29-18-4-5-19(25)30-24(18)37(26,33)34)23-17(7-12)21(32)20(15-9-28-35-11-15)22(36-23)14-8-27-31(3)10-14/h4-11,13,29H,1-3H3,(H2,26,33,34)/t13-/m1/s1. The van der Waals surface area contributed by atoms with Gasteiger partial charge in [0, 0.05) is 24.4 Å². The van der Waals surface area contributed by atoms with Gasteiger partial charge in [-0.2, -0.15) is 5.10 Å². The van der Waals surface area contributed by atoms with Gasteiger partial charge in [0.2, 0.25) is 5.43 Å². The predicted molar refractivity (Wildman–Crippen MR) is 138 cm³/mol.